The molecule has 1 saturated carbocycles. The molecule has 0 unspecified atom stereocenters. The second-order valence-electron chi connectivity index (χ2n) is 5.14. The molecule has 1 aliphatic rings. The van der Waals surface area contributed by atoms with E-state index in [0.717, 1.165) is 25.7 Å². The molecule has 0 radical (unpaired) electrons. The van der Waals surface area contributed by atoms with Crippen molar-refractivity contribution < 1.29 is 13.2 Å². The maximum Gasteiger partial charge on any atom is 0.401 e. The van der Waals surface area contributed by atoms with Gasteiger partial charge < -0.3 is 0 Å². The van der Waals surface area contributed by atoms with Crippen LogP contribution in [0.3, 0.4) is 0 Å². The third-order valence-corrected chi connectivity index (χ3v) is 4.33. The van der Waals surface area contributed by atoms with Gasteiger partial charge in [-0.15, -0.1) is 0 Å². The topological polar surface area (TPSA) is 3.24 Å². The summed E-state index contributed by atoms with van der Waals surface area (Å²) in [5, 5.41) is 0. The van der Waals surface area contributed by atoms with Gasteiger partial charge in [0.1, 0.15) is 0 Å². The number of nitrogens with zero attached hydrogens (tertiary/aromatic N) is 1. The van der Waals surface area contributed by atoms with E-state index >= 15 is 0 Å². The lowest BCUT2D eigenvalue weighted by Gasteiger charge is -2.40. The van der Waals surface area contributed by atoms with Crippen molar-refractivity contribution >= 4 is 12.6 Å². The van der Waals surface area contributed by atoms with Crippen LogP contribution in [0.2, 0.25) is 0 Å². The van der Waals surface area contributed by atoms with E-state index in [2.05, 4.69) is 12.6 Å². The first kappa shape index (κ1) is 15.2. The van der Waals surface area contributed by atoms with Gasteiger partial charge in [0.2, 0.25) is 0 Å². The number of hydrogen-bond acceptors (Lipinski definition) is 2. The van der Waals surface area contributed by atoms with Gasteiger partial charge in [0.25, 0.3) is 0 Å². The first-order chi connectivity index (χ1) is 7.91. The summed E-state index contributed by atoms with van der Waals surface area (Å²) in [6, 6.07) is 0. The first-order valence-corrected chi connectivity index (χ1v) is 6.94. The number of thiol groups is 1. The first-order valence-electron chi connectivity index (χ1n) is 6.31. The summed E-state index contributed by atoms with van der Waals surface area (Å²) in [7, 11) is 0. The maximum atomic E-state index is 12.4. The fraction of sp³-hybridized carbons (Fsp3) is 1.00. The van der Waals surface area contributed by atoms with E-state index in [0.29, 0.717) is 18.8 Å². The monoisotopic (exact) mass is 269 g/mol. The normalized spacial score (nSPS) is 20.8. The fourth-order valence-corrected chi connectivity index (χ4v) is 3.09. The van der Waals surface area contributed by atoms with E-state index in [9.17, 15) is 13.2 Å². The van der Waals surface area contributed by atoms with Gasteiger partial charge in [0.05, 0.1) is 6.54 Å². The highest BCUT2D eigenvalue weighted by molar-refractivity contribution is 7.80. The van der Waals surface area contributed by atoms with E-state index in [-0.39, 0.29) is 5.41 Å². The molecule has 17 heavy (non-hydrogen) atoms. The van der Waals surface area contributed by atoms with Crippen molar-refractivity contribution in [2.24, 2.45) is 5.41 Å². The lowest BCUT2D eigenvalue weighted by molar-refractivity contribution is -0.148. The van der Waals surface area contributed by atoms with Gasteiger partial charge in [0.15, 0.2) is 0 Å². The van der Waals surface area contributed by atoms with Crippen LogP contribution in [0.15, 0.2) is 0 Å². The summed E-state index contributed by atoms with van der Waals surface area (Å²) in [5.74, 6) is 0.696. The van der Waals surface area contributed by atoms with Crippen LogP contribution in [0.1, 0.15) is 39.0 Å². The molecule has 0 spiro atoms. The fourth-order valence-electron chi connectivity index (χ4n) is 2.68. The molecule has 1 fully saturated rings. The highest BCUT2D eigenvalue weighted by Crippen LogP contribution is 2.38. The van der Waals surface area contributed by atoms with Gasteiger partial charge in [-0.25, -0.2) is 0 Å². The van der Waals surface area contributed by atoms with Crippen LogP contribution in [0.5, 0.6) is 0 Å². The van der Waals surface area contributed by atoms with Gasteiger partial charge in [0, 0.05) is 6.54 Å². The number of halogens is 3. The zero-order valence-electron chi connectivity index (χ0n) is 10.4. The van der Waals surface area contributed by atoms with Crippen molar-refractivity contribution in [1.82, 2.24) is 4.90 Å². The molecule has 0 bridgehead atoms. The molecular weight excluding hydrogens is 247 g/mol. The third kappa shape index (κ3) is 5.08. The molecule has 0 aromatic rings. The third-order valence-electron chi connectivity index (χ3n) is 3.66. The Bertz CT molecular complexity index is 224. The molecule has 102 valence electrons. The molecule has 0 aromatic carbocycles. The molecule has 5 heteroatoms. The van der Waals surface area contributed by atoms with E-state index < -0.39 is 12.7 Å². The zero-order chi connectivity index (χ0) is 12.9. The number of hydrogen-bond donors (Lipinski definition) is 1. The molecule has 0 aromatic heterocycles. The summed E-state index contributed by atoms with van der Waals surface area (Å²) in [6.45, 7) is 1.99. The van der Waals surface area contributed by atoms with E-state index in [1.165, 1.54) is 11.3 Å². The predicted molar refractivity (Wildman–Crippen MR) is 67.5 cm³/mol. The van der Waals surface area contributed by atoms with E-state index in [1.807, 2.05) is 0 Å². The Balaban J connectivity index is 2.58. The molecule has 1 rings (SSSR count). The SMILES string of the molecule is CCN(CC(F)(F)F)CC1(CS)CCCCC1. The average Bonchev–Trinajstić information content (AvgIpc) is 2.27. The number of alkyl halides is 3. The Morgan fingerprint density at radius 2 is 1.76 bits per heavy atom. The second-order valence-corrected chi connectivity index (χ2v) is 5.45. The molecular formula is C12H22F3NS. The van der Waals surface area contributed by atoms with Crippen LogP contribution >= 0.6 is 12.6 Å². The Hall–Kier alpha value is 0.100. The summed E-state index contributed by atoms with van der Waals surface area (Å²) in [6.07, 6.45) is 1.41. The van der Waals surface area contributed by atoms with Crippen LogP contribution in [-0.2, 0) is 0 Å². The van der Waals surface area contributed by atoms with Crippen LogP contribution < -0.4 is 0 Å². The van der Waals surface area contributed by atoms with Crippen molar-refractivity contribution in [3.63, 3.8) is 0 Å². The smallest absolute Gasteiger partial charge is 0.295 e. The lowest BCUT2D eigenvalue weighted by Crippen LogP contribution is -2.44. The van der Waals surface area contributed by atoms with Gasteiger partial charge in [-0.3, -0.25) is 4.90 Å². The van der Waals surface area contributed by atoms with Gasteiger partial charge in [-0.05, 0) is 30.6 Å². The Morgan fingerprint density at radius 3 is 2.18 bits per heavy atom. The maximum absolute atomic E-state index is 12.4. The molecule has 0 amide bonds. The summed E-state index contributed by atoms with van der Waals surface area (Å²) in [5.41, 5.74) is 0.00260. The molecule has 0 aliphatic heterocycles. The average molecular weight is 269 g/mol. The second kappa shape index (κ2) is 6.32. The largest absolute Gasteiger partial charge is 0.401 e. The molecule has 1 nitrogen and oxygen atoms in total. The van der Waals surface area contributed by atoms with Crippen molar-refractivity contribution in [2.45, 2.75) is 45.2 Å². The molecule has 0 N–H and O–H groups in total. The van der Waals surface area contributed by atoms with Crippen molar-refractivity contribution in [3.8, 4) is 0 Å². The van der Waals surface area contributed by atoms with Crippen LogP contribution in [-0.4, -0.2) is 36.5 Å². The molecule has 0 saturated heterocycles. The highest BCUT2D eigenvalue weighted by atomic mass is 32.1. The van der Waals surface area contributed by atoms with Crippen LogP contribution in [0.4, 0.5) is 13.2 Å². The standard InChI is InChI=1S/C12H22F3NS/c1-2-16(9-12(13,14)15)8-11(10-17)6-4-3-5-7-11/h17H,2-10H2,1H3. The van der Waals surface area contributed by atoms with Crippen molar-refractivity contribution in [2.75, 3.05) is 25.4 Å². The molecule has 0 heterocycles. The lowest BCUT2D eigenvalue weighted by atomic mass is 9.75. The van der Waals surface area contributed by atoms with Gasteiger partial charge >= 0.3 is 6.18 Å². The van der Waals surface area contributed by atoms with Gasteiger partial charge in [-0.1, -0.05) is 26.2 Å². The highest BCUT2D eigenvalue weighted by Gasteiger charge is 2.36. The Morgan fingerprint density at radius 1 is 1.18 bits per heavy atom. The van der Waals surface area contributed by atoms with Crippen LogP contribution in [0, 0.1) is 5.41 Å². The predicted octanol–water partition coefficient (Wildman–Crippen LogP) is 3.75. The van der Waals surface area contributed by atoms with E-state index in [1.54, 1.807) is 6.92 Å². The van der Waals surface area contributed by atoms with Crippen molar-refractivity contribution in [3.05, 3.63) is 0 Å². The quantitative estimate of drug-likeness (QED) is 0.744. The summed E-state index contributed by atoms with van der Waals surface area (Å²) >= 11 is 4.37. The minimum Gasteiger partial charge on any atom is -0.295 e. The number of rotatable bonds is 5. The van der Waals surface area contributed by atoms with E-state index in [4.69, 9.17) is 0 Å². The minimum atomic E-state index is -4.09. The van der Waals surface area contributed by atoms with Crippen molar-refractivity contribution in [1.29, 1.82) is 0 Å². The summed E-state index contributed by atoms with van der Waals surface area (Å²) < 4.78 is 37.2. The zero-order valence-corrected chi connectivity index (χ0v) is 11.3. The minimum absolute atomic E-state index is 0.00260. The Labute approximate surface area is 107 Å². The van der Waals surface area contributed by atoms with Crippen LogP contribution in [0.25, 0.3) is 0 Å². The Kier molecular flexibility index (Phi) is 5.64. The molecule has 1 aliphatic carbocycles. The van der Waals surface area contributed by atoms with Gasteiger partial charge in [-0.2, -0.15) is 25.8 Å². The molecule has 0 atom stereocenters. The summed E-state index contributed by atoms with van der Waals surface area (Å²) in [4.78, 5) is 1.52.